The third-order valence-electron chi connectivity index (χ3n) is 4.79. The Hall–Kier alpha value is -2.17. The zero-order chi connectivity index (χ0) is 15.7. The van der Waals surface area contributed by atoms with Crippen LogP contribution in [-0.2, 0) is 4.79 Å². The monoisotopic (exact) mass is 300 g/mol. The first-order valence-corrected chi connectivity index (χ1v) is 7.80. The van der Waals surface area contributed by atoms with E-state index >= 15 is 0 Å². The van der Waals surface area contributed by atoms with Gasteiger partial charge in [-0.1, -0.05) is 25.0 Å². The molecule has 1 N–H and O–H groups in total. The van der Waals surface area contributed by atoms with Crippen LogP contribution in [0.1, 0.15) is 46.4 Å². The number of amides is 3. The Labute approximate surface area is 129 Å². The molecular weight excluding hydrogens is 280 g/mol. The van der Waals surface area contributed by atoms with Crippen molar-refractivity contribution in [3.05, 3.63) is 35.4 Å². The van der Waals surface area contributed by atoms with Gasteiger partial charge in [0.25, 0.3) is 11.8 Å². The molecule has 1 fully saturated rings. The van der Waals surface area contributed by atoms with Crippen LogP contribution in [0.25, 0.3) is 0 Å². The van der Waals surface area contributed by atoms with Gasteiger partial charge >= 0.3 is 0 Å². The van der Waals surface area contributed by atoms with Crippen molar-refractivity contribution >= 4 is 17.7 Å². The number of nitrogens with one attached hydrogen (secondary N) is 1. The van der Waals surface area contributed by atoms with Gasteiger partial charge in [-0.3, -0.25) is 19.3 Å². The summed E-state index contributed by atoms with van der Waals surface area (Å²) in [7, 11) is 1.63. The summed E-state index contributed by atoms with van der Waals surface area (Å²) in [5.41, 5.74) is 0.944. The Kier molecular flexibility index (Phi) is 3.96. The molecular formula is C17H20N2O3. The van der Waals surface area contributed by atoms with E-state index in [1.54, 1.807) is 31.3 Å². The molecule has 3 amide bonds. The van der Waals surface area contributed by atoms with Crippen LogP contribution in [0.15, 0.2) is 24.3 Å². The molecule has 3 rings (SSSR count). The number of nitrogens with zero attached hydrogens (tertiary/aromatic N) is 1. The van der Waals surface area contributed by atoms with Crippen molar-refractivity contribution in [2.24, 2.45) is 11.8 Å². The maximum atomic E-state index is 12.4. The number of hydrogen-bond donors (Lipinski definition) is 1. The molecule has 0 bridgehead atoms. The smallest absolute Gasteiger partial charge is 0.261 e. The van der Waals surface area contributed by atoms with Gasteiger partial charge in [0, 0.05) is 19.5 Å². The lowest BCUT2D eigenvalue weighted by atomic mass is 9.78. The molecule has 1 aliphatic carbocycles. The average Bonchev–Trinajstić information content (AvgIpc) is 2.80. The summed E-state index contributed by atoms with van der Waals surface area (Å²) in [4.78, 5) is 38.2. The maximum absolute atomic E-state index is 12.4. The summed E-state index contributed by atoms with van der Waals surface area (Å²) in [6.07, 6.45) is 3.77. The van der Waals surface area contributed by atoms with E-state index in [1.807, 2.05) is 0 Å². The summed E-state index contributed by atoms with van der Waals surface area (Å²) in [6, 6.07) is 6.91. The molecule has 0 saturated heterocycles. The third kappa shape index (κ3) is 2.40. The van der Waals surface area contributed by atoms with Crippen LogP contribution in [0.5, 0.6) is 0 Å². The zero-order valence-electron chi connectivity index (χ0n) is 12.7. The van der Waals surface area contributed by atoms with Gasteiger partial charge in [0.15, 0.2) is 0 Å². The predicted molar refractivity (Wildman–Crippen MR) is 81.3 cm³/mol. The van der Waals surface area contributed by atoms with Crippen LogP contribution in [0.3, 0.4) is 0 Å². The van der Waals surface area contributed by atoms with E-state index in [2.05, 4.69) is 5.32 Å². The lowest BCUT2D eigenvalue weighted by molar-refractivity contribution is -0.127. The van der Waals surface area contributed by atoms with Crippen LogP contribution < -0.4 is 5.32 Å². The van der Waals surface area contributed by atoms with Gasteiger partial charge in [-0.15, -0.1) is 0 Å². The van der Waals surface area contributed by atoms with Crippen LogP contribution in [0, 0.1) is 11.8 Å². The van der Waals surface area contributed by atoms with Gasteiger partial charge in [-0.25, -0.2) is 0 Å². The van der Waals surface area contributed by atoms with Crippen molar-refractivity contribution in [1.29, 1.82) is 0 Å². The SMILES string of the molecule is CNC(=O)C1CCCCC1CN1C(=O)c2ccccc2C1=O. The van der Waals surface area contributed by atoms with Crippen molar-refractivity contribution in [2.75, 3.05) is 13.6 Å². The van der Waals surface area contributed by atoms with E-state index in [1.165, 1.54) is 4.90 Å². The molecule has 1 aliphatic heterocycles. The minimum absolute atomic E-state index is 0.0151. The third-order valence-corrected chi connectivity index (χ3v) is 4.79. The highest BCUT2D eigenvalue weighted by Gasteiger charge is 2.39. The van der Waals surface area contributed by atoms with E-state index < -0.39 is 0 Å². The summed E-state index contributed by atoms with van der Waals surface area (Å²) in [6.45, 7) is 0.338. The topological polar surface area (TPSA) is 66.5 Å². The molecule has 0 radical (unpaired) electrons. The first-order valence-electron chi connectivity index (χ1n) is 7.80. The lowest BCUT2D eigenvalue weighted by Crippen LogP contribution is -2.42. The summed E-state index contributed by atoms with van der Waals surface area (Å²) < 4.78 is 0. The number of rotatable bonds is 3. The molecule has 0 aromatic heterocycles. The maximum Gasteiger partial charge on any atom is 0.261 e. The molecule has 2 aliphatic rings. The molecule has 1 aromatic carbocycles. The van der Waals surface area contributed by atoms with E-state index in [9.17, 15) is 14.4 Å². The summed E-state index contributed by atoms with van der Waals surface area (Å²) in [5.74, 6) is -0.510. The second-order valence-corrected chi connectivity index (χ2v) is 6.03. The number of imide groups is 1. The van der Waals surface area contributed by atoms with Crippen molar-refractivity contribution in [1.82, 2.24) is 10.2 Å². The lowest BCUT2D eigenvalue weighted by Gasteiger charge is -2.32. The molecule has 0 spiro atoms. The van der Waals surface area contributed by atoms with Gasteiger partial charge in [0.2, 0.25) is 5.91 Å². The van der Waals surface area contributed by atoms with E-state index in [0.717, 1.165) is 25.7 Å². The molecule has 2 atom stereocenters. The van der Waals surface area contributed by atoms with Gasteiger partial charge in [-0.05, 0) is 30.9 Å². The van der Waals surface area contributed by atoms with E-state index in [-0.39, 0.29) is 29.6 Å². The van der Waals surface area contributed by atoms with Crippen LogP contribution in [0.4, 0.5) is 0 Å². The fourth-order valence-electron chi connectivity index (χ4n) is 3.60. The molecule has 5 heteroatoms. The summed E-state index contributed by atoms with van der Waals surface area (Å²) >= 11 is 0. The number of carbonyl (C=O) groups excluding carboxylic acids is 3. The van der Waals surface area contributed by atoms with Gasteiger partial charge < -0.3 is 5.32 Å². The van der Waals surface area contributed by atoms with E-state index in [4.69, 9.17) is 0 Å². The molecule has 2 unspecified atom stereocenters. The minimum atomic E-state index is -0.234. The fourth-order valence-corrected chi connectivity index (χ4v) is 3.60. The molecule has 5 nitrogen and oxygen atoms in total. The first-order chi connectivity index (χ1) is 10.6. The average molecular weight is 300 g/mol. The summed E-state index contributed by atoms with van der Waals surface area (Å²) in [5, 5.41) is 2.70. The first kappa shape index (κ1) is 14.8. The Balaban J connectivity index is 1.80. The molecule has 1 aromatic rings. The highest BCUT2D eigenvalue weighted by molar-refractivity contribution is 6.21. The minimum Gasteiger partial charge on any atom is -0.359 e. The van der Waals surface area contributed by atoms with Crippen LogP contribution in [-0.4, -0.2) is 36.2 Å². The molecule has 1 saturated carbocycles. The highest BCUT2D eigenvalue weighted by Crippen LogP contribution is 2.33. The predicted octanol–water partition coefficient (Wildman–Crippen LogP) is 1.83. The zero-order valence-corrected chi connectivity index (χ0v) is 12.7. The van der Waals surface area contributed by atoms with Crippen molar-refractivity contribution in [3.8, 4) is 0 Å². The second kappa shape index (κ2) is 5.91. The standard InChI is InChI=1S/C17H20N2O3/c1-18-15(20)12-7-3-2-6-11(12)10-19-16(21)13-8-4-5-9-14(13)17(19)22/h4-5,8-9,11-12H,2-3,6-7,10H2,1H3,(H,18,20). The Morgan fingerprint density at radius 1 is 1.14 bits per heavy atom. The quantitative estimate of drug-likeness (QED) is 0.866. The molecule has 116 valence electrons. The van der Waals surface area contributed by atoms with E-state index in [0.29, 0.717) is 17.7 Å². The van der Waals surface area contributed by atoms with Crippen LogP contribution >= 0.6 is 0 Å². The Morgan fingerprint density at radius 2 is 1.73 bits per heavy atom. The second-order valence-electron chi connectivity index (χ2n) is 6.03. The largest absolute Gasteiger partial charge is 0.359 e. The Bertz CT molecular complexity index is 591. The Morgan fingerprint density at radius 3 is 2.32 bits per heavy atom. The molecule has 22 heavy (non-hydrogen) atoms. The van der Waals surface area contributed by atoms with Crippen molar-refractivity contribution in [3.63, 3.8) is 0 Å². The fraction of sp³-hybridized carbons (Fsp3) is 0.471. The van der Waals surface area contributed by atoms with Crippen molar-refractivity contribution < 1.29 is 14.4 Å². The number of hydrogen-bond acceptors (Lipinski definition) is 3. The van der Waals surface area contributed by atoms with Gasteiger partial charge in [0.05, 0.1) is 11.1 Å². The van der Waals surface area contributed by atoms with Crippen molar-refractivity contribution in [2.45, 2.75) is 25.7 Å². The van der Waals surface area contributed by atoms with Gasteiger partial charge in [0.1, 0.15) is 0 Å². The number of fused-ring (bicyclic) bond motifs is 1. The van der Waals surface area contributed by atoms with Crippen LogP contribution in [0.2, 0.25) is 0 Å². The van der Waals surface area contributed by atoms with Gasteiger partial charge in [-0.2, -0.15) is 0 Å². The highest BCUT2D eigenvalue weighted by atomic mass is 16.2. The normalized spacial score (nSPS) is 24.3. The number of benzene rings is 1. The molecule has 1 heterocycles. The number of carbonyl (C=O) groups is 3.